The van der Waals surface area contributed by atoms with Crippen molar-refractivity contribution in [3.63, 3.8) is 0 Å². The van der Waals surface area contributed by atoms with Crippen molar-refractivity contribution in [3.05, 3.63) is 40.8 Å². The first-order chi connectivity index (χ1) is 11.1. The number of rotatable bonds is 7. The summed E-state index contributed by atoms with van der Waals surface area (Å²) in [5, 5.41) is 1.18. The molecule has 6 nitrogen and oxygen atoms in total. The monoisotopic (exact) mass is 317 g/mol. The number of hydrogen-bond acceptors (Lipinski definition) is 5. The zero-order valence-corrected chi connectivity index (χ0v) is 13.2. The number of carbonyl (C=O) groups excluding carboxylic acids is 2. The second-order valence-corrected chi connectivity index (χ2v) is 4.93. The van der Waals surface area contributed by atoms with Gasteiger partial charge in [-0.2, -0.15) is 0 Å². The van der Waals surface area contributed by atoms with E-state index in [1.54, 1.807) is 42.0 Å². The summed E-state index contributed by atoms with van der Waals surface area (Å²) in [5.74, 6) is -0.493. The topological polar surface area (TPSA) is 74.6 Å². The van der Waals surface area contributed by atoms with Gasteiger partial charge in [-0.15, -0.1) is 0 Å². The van der Waals surface area contributed by atoms with E-state index in [2.05, 4.69) is 0 Å². The van der Waals surface area contributed by atoms with Gasteiger partial charge in [0.2, 0.25) is 0 Å². The van der Waals surface area contributed by atoms with E-state index < -0.39 is 5.97 Å². The van der Waals surface area contributed by atoms with Gasteiger partial charge in [-0.3, -0.25) is 14.4 Å². The quantitative estimate of drug-likeness (QED) is 0.576. The fourth-order valence-electron chi connectivity index (χ4n) is 2.25. The molecule has 0 aliphatic heterocycles. The largest absolute Gasteiger partial charge is 0.485 e. The summed E-state index contributed by atoms with van der Waals surface area (Å²) in [6.07, 6.45) is 1.37. The Morgan fingerprint density at radius 2 is 1.91 bits per heavy atom. The third kappa shape index (κ3) is 3.97. The molecule has 0 radical (unpaired) electrons. The number of ether oxygens (including phenoxy) is 2. The van der Waals surface area contributed by atoms with Crippen LogP contribution in [0.15, 0.2) is 35.3 Å². The molecule has 2 aromatic rings. The number of fused-ring (bicyclic) bond motifs is 1. The zero-order chi connectivity index (χ0) is 16.8. The average molecular weight is 317 g/mol. The Kier molecular flexibility index (Phi) is 5.51. The van der Waals surface area contributed by atoms with Crippen LogP contribution in [0.4, 0.5) is 0 Å². The number of aromatic nitrogens is 1. The molecular weight excluding hydrogens is 298 g/mol. The third-order valence-electron chi connectivity index (χ3n) is 3.35. The molecule has 0 unspecified atom stereocenters. The first-order valence-electron chi connectivity index (χ1n) is 7.49. The normalized spacial score (nSPS) is 10.5. The van der Waals surface area contributed by atoms with Crippen LogP contribution in [0.3, 0.4) is 0 Å². The maximum atomic E-state index is 12.2. The van der Waals surface area contributed by atoms with Gasteiger partial charge in [0, 0.05) is 18.1 Å². The Balaban J connectivity index is 2.15. The standard InChI is InChI=1S/C17H19NO5/c1-3-18-9-8-13-14(17(18)21)6-5-7-15(13)23-11-12(19)10-16(20)22-4-2/h5-9H,3-4,10-11H2,1-2H3. The Bertz CT molecular complexity index is 778. The van der Waals surface area contributed by atoms with Gasteiger partial charge in [0.05, 0.1) is 12.0 Å². The molecule has 1 aromatic carbocycles. The number of Topliss-reactive ketones (excluding diaryl/α,β-unsaturated/α-hetero) is 1. The molecule has 0 aliphatic rings. The van der Waals surface area contributed by atoms with E-state index >= 15 is 0 Å². The summed E-state index contributed by atoms with van der Waals surface area (Å²) in [6, 6.07) is 6.90. The molecule has 1 heterocycles. The zero-order valence-electron chi connectivity index (χ0n) is 13.2. The molecular formula is C17H19NO5. The highest BCUT2D eigenvalue weighted by Gasteiger charge is 2.12. The van der Waals surface area contributed by atoms with Crippen molar-refractivity contribution in [2.45, 2.75) is 26.8 Å². The highest BCUT2D eigenvalue weighted by atomic mass is 16.5. The summed E-state index contributed by atoms with van der Waals surface area (Å²) < 4.78 is 11.8. The van der Waals surface area contributed by atoms with Crippen LogP contribution in [0, 0.1) is 0 Å². The SMILES string of the molecule is CCOC(=O)CC(=O)COc1cccc2c(=O)n(CC)ccc12. The summed E-state index contributed by atoms with van der Waals surface area (Å²) in [7, 11) is 0. The van der Waals surface area contributed by atoms with E-state index in [1.807, 2.05) is 6.92 Å². The van der Waals surface area contributed by atoms with Crippen LogP contribution in [0.5, 0.6) is 5.75 Å². The molecule has 0 aliphatic carbocycles. The number of carbonyl (C=O) groups is 2. The van der Waals surface area contributed by atoms with Crippen LogP contribution in [0.2, 0.25) is 0 Å². The van der Waals surface area contributed by atoms with Crippen molar-refractivity contribution in [2.24, 2.45) is 0 Å². The lowest BCUT2D eigenvalue weighted by atomic mass is 10.1. The van der Waals surface area contributed by atoms with Gasteiger partial charge in [0.1, 0.15) is 18.8 Å². The van der Waals surface area contributed by atoms with Crippen molar-refractivity contribution in [2.75, 3.05) is 13.2 Å². The van der Waals surface area contributed by atoms with Crippen molar-refractivity contribution >= 4 is 22.5 Å². The number of benzene rings is 1. The van der Waals surface area contributed by atoms with Gasteiger partial charge in [-0.05, 0) is 32.0 Å². The molecule has 23 heavy (non-hydrogen) atoms. The lowest BCUT2D eigenvalue weighted by molar-refractivity contribution is -0.145. The van der Waals surface area contributed by atoms with Crippen LogP contribution >= 0.6 is 0 Å². The number of esters is 1. The van der Waals surface area contributed by atoms with Crippen molar-refractivity contribution in [1.29, 1.82) is 0 Å². The molecule has 122 valence electrons. The lowest BCUT2D eigenvalue weighted by Gasteiger charge is -2.10. The first-order valence-corrected chi connectivity index (χ1v) is 7.49. The summed E-state index contributed by atoms with van der Waals surface area (Å²) in [5.41, 5.74) is -0.103. The molecule has 0 spiro atoms. The predicted octanol–water partition coefficient (Wildman–Crippen LogP) is 1.92. The van der Waals surface area contributed by atoms with Crippen molar-refractivity contribution in [1.82, 2.24) is 4.57 Å². The molecule has 0 fully saturated rings. The average Bonchev–Trinajstić information content (AvgIpc) is 2.53. The molecule has 0 saturated carbocycles. The van der Waals surface area contributed by atoms with E-state index in [0.29, 0.717) is 23.1 Å². The fourth-order valence-corrected chi connectivity index (χ4v) is 2.25. The Labute approximate surface area is 133 Å². The maximum absolute atomic E-state index is 12.2. The molecule has 0 bridgehead atoms. The second kappa shape index (κ2) is 7.58. The molecule has 0 N–H and O–H groups in total. The van der Waals surface area contributed by atoms with Gasteiger partial charge < -0.3 is 14.0 Å². The number of ketones is 1. The Morgan fingerprint density at radius 1 is 1.13 bits per heavy atom. The number of hydrogen-bond donors (Lipinski definition) is 0. The van der Waals surface area contributed by atoms with Crippen LogP contribution in [-0.2, 0) is 20.9 Å². The molecule has 1 aromatic heterocycles. The molecule has 0 saturated heterocycles. The highest BCUT2D eigenvalue weighted by Crippen LogP contribution is 2.23. The summed E-state index contributed by atoms with van der Waals surface area (Å²) in [4.78, 5) is 35.2. The lowest BCUT2D eigenvalue weighted by Crippen LogP contribution is -2.19. The predicted molar refractivity (Wildman–Crippen MR) is 85.6 cm³/mol. The van der Waals surface area contributed by atoms with E-state index in [4.69, 9.17) is 9.47 Å². The van der Waals surface area contributed by atoms with E-state index in [0.717, 1.165) is 0 Å². The first kappa shape index (κ1) is 16.7. The number of nitrogens with zero attached hydrogens (tertiary/aromatic N) is 1. The highest BCUT2D eigenvalue weighted by molar-refractivity contribution is 5.96. The smallest absolute Gasteiger partial charge is 0.313 e. The molecule has 6 heteroatoms. The minimum atomic E-state index is -0.565. The Morgan fingerprint density at radius 3 is 2.61 bits per heavy atom. The van der Waals surface area contributed by atoms with Gasteiger partial charge in [0.25, 0.3) is 5.56 Å². The minimum Gasteiger partial charge on any atom is -0.485 e. The molecule has 0 amide bonds. The molecule has 0 atom stereocenters. The molecule has 2 rings (SSSR count). The van der Waals surface area contributed by atoms with Crippen LogP contribution in [-0.4, -0.2) is 29.5 Å². The van der Waals surface area contributed by atoms with Crippen molar-refractivity contribution < 1.29 is 19.1 Å². The summed E-state index contributed by atoms with van der Waals surface area (Å²) in [6.45, 7) is 4.15. The number of aryl methyl sites for hydroxylation is 1. The Hall–Kier alpha value is -2.63. The number of pyridine rings is 1. The van der Waals surface area contributed by atoms with Crippen LogP contribution in [0.25, 0.3) is 10.8 Å². The fraction of sp³-hybridized carbons (Fsp3) is 0.353. The second-order valence-electron chi connectivity index (χ2n) is 4.93. The summed E-state index contributed by atoms with van der Waals surface area (Å²) >= 11 is 0. The van der Waals surface area contributed by atoms with E-state index in [9.17, 15) is 14.4 Å². The van der Waals surface area contributed by atoms with Gasteiger partial charge in [-0.25, -0.2) is 0 Å². The van der Waals surface area contributed by atoms with Crippen LogP contribution in [0.1, 0.15) is 20.3 Å². The van der Waals surface area contributed by atoms with Crippen molar-refractivity contribution in [3.8, 4) is 5.75 Å². The van der Waals surface area contributed by atoms with Crippen LogP contribution < -0.4 is 10.3 Å². The maximum Gasteiger partial charge on any atom is 0.313 e. The van der Waals surface area contributed by atoms with Gasteiger partial charge in [0.15, 0.2) is 5.78 Å². The van der Waals surface area contributed by atoms with Gasteiger partial charge in [-0.1, -0.05) is 6.07 Å². The van der Waals surface area contributed by atoms with E-state index in [1.165, 1.54) is 0 Å². The third-order valence-corrected chi connectivity index (χ3v) is 3.35. The van der Waals surface area contributed by atoms with E-state index in [-0.39, 0.29) is 31.0 Å². The minimum absolute atomic E-state index is 0.103. The van der Waals surface area contributed by atoms with Gasteiger partial charge >= 0.3 is 5.97 Å².